The molecule has 0 radical (unpaired) electrons. The molecule has 160 valence electrons. The fourth-order valence-corrected chi connectivity index (χ4v) is 3.74. The Morgan fingerprint density at radius 2 is 1.34 bits per heavy atom. The molecule has 2 aromatic carbocycles. The van der Waals surface area contributed by atoms with Crippen LogP contribution >= 0.6 is 0 Å². The van der Waals surface area contributed by atoms with Gasteiger partial charge in [0.05, 0.1) is 4.90 Å². The van der Waals surface area contributed by atoms with Crippen LogP contribution in [0.15, 0.2) is 47.4 Å². The van der Waals surface area contributed by atoms with Gasteiger partial charge in [-0.2, -0.15) is 8.42 Å². The average molecular weight is 421 g/mol. The number of benzene rings is 2. The van der Waals surface area contributed by atoms with Gasteiger partial charge in [-0.25, -0.2) is 0 Å². The van der Waals surface area contributed by atoms with Crippen LogP contribution in [0.2, 0.25) is 0 Å². The molecule has 0 unspecified atom stereocenters. The maximum atomic E-state index is 11.1. The van der Waals surface area contributed by atoms with E-state index in [1.165, 1.54) is 75.6 Å². The van der Waals surface area contributed by atoms with Gasteiger partial charge in [0, 0.05) is 6.07 Å². The van der Waals surface area contributed by atoms with Gasteiger partial charge < -0.3 is 9.84 Å². The van der Waals surface area contributed by atoms with Gasteiger partial charge in [0.25, 0.3) is 10.1 Å². The first-order valence-corrected chi connectivity index (χ1v) is 11.9. The number of unbranched alkanes of at least 4 members (excludes halogenated alkanes) is 8. The van der Waals surface area contributed by atoms with E-state index in [2.05, 4.69) is 6.92 Å². The number of aryl methyl sites for hydroxylation is 1. The van der Waals surface area contributed by atoms with Crippen molar-refractivity contribution in [1.29, 1.82) is 0 Å². The second-order valence-electron chi connectivity index (χ2n) is 7.42. The van der Waals surface area contributed by atoms with E-state index in [4.69, 9.17) is 9.29 Å². The molecule has 2 rings (SSSR count). The van der Waals surface area contributed by atoms with Crippen molar-refractivity contribution in [2.24, 2.45) is 0 Å². The van der Waals surface area contributed by atoms with Gasteiger partial charge in [-0.15, -0.1) is 0 Å². The molecule has 0 aliphatic heterocycles. The topological polar surface area (TPSA) is 83.8 Å². The smallest absolute Gasteiger partial charge is 0.294 e. The van der Waals surface area contributed by atoms with E-state index < -0.39 is 10.1 Å². The molecule has 29 heavy (non-hydrogen) atoms. The summed E-state index contributed by atoms with van der Waals surface area (Å²) in [7, 11) is -4.22. The SMILES string of the molecule is CCCCCCCCCCCc1ccc(Oc2ccc(S(=O)(=O)O)cc2)cc1O. The highest BCUT2D eigenvalue weighted by atomic mass is 32.2. The van der Waals surface area contributed by atoms with Crippen LogP contribution < -0.4 is 4.74 Å². The molecule has 0 saturated heterocycles. The predicted octanol–water partition coefficient (Wildman–Crippen LogP) is 6.50. The van der Waals surface area contributed by atoms with Gasteiger partial charge in [0.15, 0.2) is 0 Å². The highest BCUT2D eigenvalue weighted by molar-refractivity contribution is 7.85. The Morgan fingerprint density at radius 3 is 1.90 bits per heavy atom. The lowest BCUT2D eigenvalue weighted by molar-refractivity contribution is 0.448. The highest BCUT2D eigenvalue weighted by Crippen LogP contribution is 2.29. The van der Waals surface area contributed by atoms with Crippen molar-refractivity contribution >= 4 is 10.1 Å². The molecule has 5 nitrogen and oxygen atoms in total. The van der Waals surface area contributed by atoms with Crippen molar-refractivity contribution in [2.45, 2.75) is 76.0 Å². The third-order valence-electron chi connectivity index (χ3n) is 4.96. The van der Waals surface area contributed by atoms with E-state index in [0.29, 0.717) is 11.5 Å². The fraction of sp³-hybridized carbons (Fsp3) is 0.478. The standard InChI is InChI=1S/C23H32O5S/c1-2-3-4-5-6-7-8-9-10-11-19-12-13-21(18-23(19)24)28-20-14-16-22(17-15-20)29(25,26)27/h12-18,24H,2-11H2,1H3,(H,25,26,27). The molecule has 6 heteroatoms. The lowest BCUT2D eigenvalue weighted by Gasteiger charge is -2.09. The lowest BCUT2D eigenvalue weighted by Crippen LogP contribution is -1.97. The Bertz CT molecular complexity index is 844. The largest absolute Gasteiger partial charge is 0.508 e. The van der Waals surface area contributed by atoms with Gasteiger partial charge in [-0.1, -0.05) is 64.4 Å². The van der Waals surface area contributed by atoms with Gasteiger partial charge in [0.2, 0.25) is 0 Å². The molecular weight excluding hydrogens is 388 g/mol. The summed E-state index contributed by atoms with van der Waals surface area (Å²) in [5.74, 6) is 1.10. The summed E-state index contributed by atoms with van der Waals surface area (Å²) in [6.07, 6.45) is 12.2. The first-order chi connectivity index (χ1) is 13.9. The van der Waals surface area contributed by atoms with E-state index in [-0.39, 0.29) is 10.6 Å². The van der Waals surface area contributed by atoms with Crippen LogP contribution in [0.5, 0.6) is 17.2 Å². The van der Waals surface area contributed by atoms with E-state index in [1.807, 2.05) is 6.07 Å². The first kappa shape index (κ1) is 23.2. The maximum absolute atomic E-state index is 11.1. The first-order valence-electron chi connectivity index (χ1n) is 10.5. The van der Waals surface area contributed by atoms with E-state index >= 15 is 0 Å². The minimum Gasteiger partial charge on any atom is -0.508 e. The quantitative estimate of drug-likeness (QED) is 0.285. The Labute approximate surface area is 174 Å². The second-order valence-corrected chi connectivity index (χ2v) is 8.84. The van der Waals surface area contributed by atoms with Crippen LogP contribution in [0.1, 0.15) is 70.3 Å². The molecule has 0 spiro atoms. The number of ether oxygens (including phenoxy) is 1. The number of rotatable bonds is 13. The summed E-state index contributed by atoms with van der Waals surface area (Å²) in [5.41, 5.74) is 0.905. The number of hydrogen-bond donors (Lipinski definition) is 2. The fourth-order valence-electron chi connectivity index (χ4n) is 3.26. The van der Waals surface area contributed by atoms with Crippen molar-refractivity contribution < 1.29 is 22.8 Å². The Morgan fingerprint density at radius 1 is 0.793 bits per heavy atom. The zero-order valence-electron chi connectivity index (χ0n) is 17.1. The van der Waals surface area contributed by atoms with Gasteiger partial charge in [-0.05, 0) is 48.7 Å². The molecule has 2 N–H and O–H groups in total. The third kappa shape index (κ3) is 8.46. The van der Waals surface area contributed by atoms with Crippen molar-refractivity contribution in [3.05, 3.63) is 48.0 Å². The number of aromatic hydroxyl groups is 1. The highest BCUT2D eigenvalue weighted by Gasteiger charge is 2.10. The Balaban J connectivity index is 1.75. The van der Waals surface area contributed by atoms with Crippen LogP contribution in [0.25, 0.3) is 0 Å². The van der Waals surface area contributed by atoms with Crippen molar-refractivity contribution in [3.63, 3.8) is 0 Å². The predicted molar refractivity (Wildman–Crippen MR) is 115 cm³/mol. The molecule has 0 heterocycles. The van der Waals surface area contributed by atoms with Gasteiger partial charge in [-0.3, -0.25) is 4.55 Å². The molecular formula is C23H32O5S. The molecule has 2 aromatic rings. The van der Waals surface area contributed by atoms with E-state index in [0.717, 1.165) is 18.4 Å². The van der Waals surface area contributed by atoms with Crippen LogP contribution in [0, 0.1) is 0 Å². The molecule has 0 aliphatic carbocycles. The monoisotopic (exact) mass is 420 g/mol. The van der Waals surface area contributed by atoms with E-state index in [9.17, 15) is 13.5 Å². The molecule has 0 saturated carbocycles. The molecule has 0 bridgehead atoms. The molecule has 0 fully saturated rings. The van der Waals surface area contributed by atoms with Gasteiger partial charge >= 0.3 is 0 Å². The summed E-state index contributed by atoms with van der Waals surface area (Å²) in [6.45, 7) is 2.23. The molecule has 0 atom stereocenters. The summed E-state index contributed by atoms with van der Waals surface area (Å²) in [6, 6.07) is 10.7. The van der Waals surface area contributed by atoms with Crippen molar-refractivity contribution in [1.82, 2.24) is 0 Å². The van der Waals surface area contributed by atoms with Gasteiger partial charge in [0.1, 0.15) is 17.2 Å². The summed E-state index contributed by atoms with van der Waals surface area (Å²) >= 11 is 0. The van der Waals surface area contributed by atoms with Crippen molar-refractivity contribution in [3.8, 4) is 17.2 Å². The van der Waals surface area contributed by atoms with Crippen molar-refractivity contribution in [2.75, 3.05) is 0 Å². The maximum Gasteiger partial charge on any atom is 0.294 e. The normalized spacial score (nSPS) is 11.5. The second kappa shape index (κ2) is 11.8. The summed E-state index contributed by atoms with van der Waals surface area (Å²) < 4.78 is 36.8. The van der Waals surface area contributed by atoms with Crippen LogP contribution in [-0.2, 0) is 16.5 Å². The molecule has 0 aromatic heterocycles. The van der Waals surface area contributed by atoms with Crippen LogP contribution in [0.3, 0.4) is 0 Å². The minimum absolute atomic E-state index is 0.191. The van der Waals surface area contributed by atoms with Crippen LogP contribution in [-0.4, -0.2) is 18.1 Å². The lowest BCUT2D eigenvalue weighted by atomic mass is 10.0. The third-order valence-corrected chi connectivity index (χ3v) is 5.83. The number of phenolic OH excluding ortho intramolecular Hbond substituents is 1. The summed E-state index contributed by atoms with van der Waals surface area (Å²) in [5, 5.41) is 10.3. The Kier molecular flexibility index (Phi) is 9.48. The molecule has 0 amide bonds. The molecule has 0 aliphatic rings. The van der Waals surface area contributed by atoms with E-state index in [1.54, 1.807) is 12.1 Å². The summed E-state index contributed by atoms with van der Waals surface area (Å²) in [4.78, 5) is -0.191. The minimum atomic E-state index is -4.22. The average Bonchev–Trinajstić information content (AvgIpc) is 2.68. The number of hydrogen-bond acceptors (Lipinski definition) is 4. The zero-order chi connectivity index (χ0) is 21.1. The zero-order valence-corrected chi connectivity index (χ0v) is 18.0. The number of phenols is 1. The van der Waals surface area contributed by atoms with Crippen LogP contribution in [0.4, 0.5) is 0 Å². The Hall–Kier alpha value is -2.05.